The van der Waals surface area contributed by atoms with Crippen LogP contribution in [0.15, 0.2) is 47.2 Å². The zero-order chi connectivity index (χ0) is 15.4. The van der Waals surface area contributed by atoms with Gasteiger partial charge in [-0.15, -0.1) is 0 Å². The van der Waals surface area contributed by atoms with Crippen LogP contribution in [-0.4, -0.2) is 34.5 Å². The number of aromatic nitrogens is 1. The minimum Gasteiger partial charge on any atom is -0.364 e. The molecule has 1 saturated heterocycles. The van der Waals surface area contributed by atoms with Gasteiger partial charge in [0.05, 0.1) is 0 Å². The van der Waals surface area contributed by atoms with Crippen molar-refractivity contribution >= 4 is 11.8 Å². The standard InChI is InChI=1S/C16H17N3O3/c20-15(13-8-10-22-18-13)17-14-7-4-9-19(16(14)21)11-12-5-2-1-3-6-12/h1-3,5-6,8,10,14H,4,7,9,11H2,(H,17,20)/t14-/m1/s1. The first-order valence-corrected chi connectivity index (χ1v) is 7.28. The zero-order valence-corrected chi connectivity index (χ0v) is 12.1. The van der Waals surface area contributed by atoms with Gasteiger partial charge in [0.1, 0.15) is 12.3 Å². The van der Waals surface area contributed by atoms with E-state index in [0.717, 1.165) is 12.0 Å². The molecule has 1 aliphatic rings. The highest BCUT2D eigenvalue weighted by Crippen LogP contribution is 2.15. The SMILES string of the molecule is O=C(N[C@@H]1CCCN(Cc2ccccc2)C1=O)c1ccon1. The zero-order valence-electron chi connectivity index (χ0n) is 12.1. The monoisotopic (exact) mass is 299 g/mol. The predicted molar refractivity (Wildman–Crippen MR) is 78.9 cm³/mol. The van der Waals surface area contributed by atoms with Gasteiger partial charge in [0.25, 0.3) is 5.91 Å². The number of hydrogen-bond donors (Lipinski definition) is 1. The fraction of sp³-hybridized carbons (Fsp3) is 0.312. The highest BCUT2D eigenvalue weighted by molar-refractivity contribution is 5.96. The first-order valence-electron chi connectivity index (χ1n) is 7.28. The Morgan fingerprint density at radius 3 is 2.86 bits per heavy atom. The van der Waals surface area contributed by atoms with E-state index in [-0.39, 0.29) is 17.5 Å². The molecule has 6 heteroatoms. The van der Waals surface area contributed by atoms with Crippen molar-refractivity contribution in [2.75, 3.05) is 6.54 Å². The second-order valence-corrected chi connectivity index (χ2v) is 5.30. The van der Waals surface area contributed by atoms with Gasteiger partial charge < -0.3 is 14.7 Å². The van der Waals surface area contributed by atoms with E-state index < -0.39 is 6.04 Å². The molecule has 114 valence electrons. The van der Waals surface area contributed by atoms with Crippen molar-refractivity contribution in [1.29, 1.82) is 0 Å². The normalized spacial score (nSPS) is 18.3. The first kappa shape index (κ1) is 14.3. The average Bonchev–Trinajstić information content (AvgIpc) is 3.07. The lowest BCUT2D eigenvalue weighted by atomic mass is 10.0. The highest BCUT2D eigenvalue weighted by atomic mass is 16.5. The van der Waals surface area contributed by atoms with Gasteiger partial charge in [0.15, 0.2) is 5.69 Å². The fourth-order valence-corrected chi connectivity index (χ4v) is 2.60. The largest absolute Gasteiger partial charge is 0.364 e. The summed E-state index contributed by atoms with van der Waals surface area (Å²) >= 11 is 0. The summed E-state index contributed by atoms with van der Waals surface area (Å²) < 4.78 is 4.65. The molecule has 0 saturated carbocycles. The van der Waals surface area contributed by atoms with Gasteiger partial charge in [-0.3, -0.25) is 9.59 Å². The predicted octanol–water partition coefficient (Wildman–Crippen LogP) is 1.60. The van der Waals surface area contributed by atoms with E-state index in [2.05, 4.69) is 15.0 Å². The first-order chi connectivity index (χ1) is 10.7. The highest BCUT2D eigenvalue weighted by Gasteiger charge is 2.30. The van der Waals surface area contributed by atoms with E-state index in [1.807, 2.05) is 30.3 Å². The van der Waals surface area contributed by atoms with Crippen LogP contribution in [-0.2, 0) is 11.3 Å². The summed E-state index contributed by atoms with van der Waals surface area (Å²) in [7, 11) is 0. The number of hydrogen-bond acceptors (Lipinski definition) is 4. The van der Waals surface area contributed by atoms with Crippen LogP contribution in [0.2, 0.25) is 0 Å². The number of benzene rings is 1. The van der Waals surface area contributed by atoms with E-state index in [0.29, 0.717) is 19.5 Å². The molecule has 1 aromatic carbocycles. The van der Waals surface area contributed by atoms with Gasteiger partial charge in [-0.05, 0) is 18.4 Å². The molecule has 0 unspecified atom stereocenters. The van der Waals surface area contributed by atoms with Crippen LogP contribution in [0.25, 0.3) is 0 Å². The Bertz CT molecular complexity index is 640. The molecule has 6 nitrogen and oxygen atoms in total. The van der Waals surface area contributed by atoms with Crippen LogP contribution in [0.4, 0.5) is 0 Å². The number of nitrogens with zero attached hydrogens (tertiary/aromatic N) is 2. The van der Waals surface area contributed by atoms with Crippen LogP contribution in [0.5, 0.6) is 0 Å². The van der Waals surface area contributed by atoms with Gasteiger partial charge in [-0.2, -0.15) is 0 Å². The van der Waals surface area contributed by atoms with Crippen LogP contribution >= 0.6 is 0 Å². The number of nitrogens with one attached hydrogen (secondary N) is 1. The van der Waals surface area contributed by atoms with Crippen molar-refractivity contribution in [2.24, 2.45) is 0 Å². The number of carbonyl (C=O) groups excluding carboxylic acids is 2. The smallest absolute Gasteiger partial charge is 0.274 e. The van der Waals surface area contributed by atoms with E-state index >= 15 is 0 Å². The number of rotatable bonds is 4. The number of likely N-dealkylation sites (tertiary alicyclic amines) is 1. The summed E-state index contributed by atoms with van der Waals surface area (Å²) in [5.41, 5.74) is 1.27. The van der Waals surface area contributed by atoms with E-state index in [1.54, 1.807) is 4.90 Å². The summed E-state index contributed by atoms with van der Waals surface area (Å²) in [5, 5.41) is 6.32. The molecule has 1 aromatic heterocycles. The molecule has 2 aromatic rings. The molecule has 0 aliphatic carbocycles. The van der Waals surface area contributed by atoms with Crippen molar-refractivity contribution in [3.05, 3.63) is 53.9 Å². The second kappa shape index (κ2) is 6.43. The molecule has 2 amide bonds. The fourth-order valence-electron chi connectivity index (χ4n) is 2.60. The second-order valence-electron chi connectivity index (χ2n) is 5.30. The van der Waals surface area contributed by atoms with Crippen molar-refractivity contribution in [1.82, 2.24) is 15.4 Å². The lowest BCUT2D eigenvalue weighted by Gasteiger charge is -2.32. The van der Waals surface area contributed by atoms with Gasteiger partial charge in [0.2, 0.25) is 5.91 Å². The van der Waals surface area contributed by atoms with Crippen molar-refractivity contribution in [3.63, 3.8) is 0 Å². The quantitative estimate of drug-likeness (QED) is 0.930. The Morgan fingerprint density at radius 1 is 1.32 bits per heavy atom. The van der Waals surface area contributed by atoms with Gasteiger partial charge in [-0.25, -0.2) is 0 Å². The lowest BCUT2D eigenvalue weighted by molar-refractivity contribution is -0.136. The molecule has 1 fully saturated rings. The van der Waals surface area contributed by atoms with Gasteiger partial charge in [-0.1, -0.05) is 35.5 Å². The maximum atomic E-state index is 12.5. The molecule has 0 bridgehead atoms. The Hall–Kier alpha value is -2.63. The van der Waals surface area contributed by atoms with E-state index in [1.165, 1.54) is 12.3 Å². The maximum Gasteiger partial charge on any atom is 0.274 e. The molecule has 1 atom stereocenters. The Labute approximate surface area is 128 Å². The molecule has 0 radical (unpaired) electrons. The minimum atomic E-state index is -0.498. The van der Waals surface area contributed by atoms with Gasteiger partial charge in [0, 0.05) is 19.2 Å². The topological polar surface area (TPSA) is 75.4 Å². The lowest BCUT2D eigenvalue weighted by Crippen LogP contribution is -2.51. The third-order valence-corrected chi connectivity index (χ3v) is 3.72. The van der Waals surface area contributed by atoms with Crippen LogP contribution in [0, 0.1) is 0 Å². The molecular weight excluding hydrogens is 282 g/mol. The molecule has 1 N–H and O–H groups in total. The van der Waals surface area contributed by atoms with Crippen molar-refractivity contribution < 1.29 is 14.1 Å². The van der Waals surface area contributed by atoms with Crippen LogP contribution in [0.3, 0.4) is 0 Å². The summed E-state index contributed by atoms with van der Waals surface area (Å²) in [6, 6.07) is 10.8. The molecule has 2 heterocycles. The third kappa shape index (κ3) is 3.16. The van der Waals surface area contributed by atoms with Crippen molar-refractivity contribution in [2.45, 2.75) is 25.4 Å². The van der Waals surface area contributed by atoms with Crippen LogP contribution in [0.1, 0.15) is 28.9 Å². The van der Waals surface area contributed by atoms with Gasteiger partial charge >= 0.3 is 0 Å². The molecule has 0 spiro atoms. The Kier molecular flexibility index (Phi) is 4.18. The number of carbonyl (C=O) groups is 2. The molecule has 3 rings (SSSR count). The summed E-state index contributed by atoms with van der Waals surface area (Å²) in [6.45, 7) is 1.28. The van der Waals surface area contributed by atoms with E-state index in [9.17, 15) is 9.59 Å². The number of piperidine rings is 1. The van der Waals surface area contributed by atoms with Crippen LogP contribution < -0.4 is 5.32 Å². The summed E-state index contributed by atoms with van der Waals surface area (Å²) in [6.07, 6.45) is 2.84. The van der Waals surface area contributed by atoms with E-state index in [4.69, 9.17) is 0 Å². The number of amides is 2. The molecular formula is C16H17N3O3. The average molecular weight is 299 g/mol. The Balaban J connectivity index is 1.64. The third-order valence-electron chi connectivity index (χ3n) is 3.72. The molecule has 22 heavy (non-hydrogen) atoms. The Morgan fingerprint density at radius 2 is 2.14 bits per heavy atom. The van der Waals surface area contributed by atoms with Crippen molar-refractivity contribution in [3.8, 4) is 0 Å². The summed E-state index contributed by atoms with van der Waals surface area (Å²) in [5.74, 6) is -0.430. The maximum absolute atomic E-state index is 12.5. The molecule has 1 aliphatic heterocycles. The minimum absolute atomic E-state index is 0.0491. The summed E-state index contributed by atoms with van der Waals surface area (Å²) in [4.78, 5) is 26.3.